The molecule has 0 spiro atoms. The third-order valence-electron chi connectivity index (χ3n) is 4.85. The van der Waals surface area contributed by atoms with Gasteiger partial charge in [-0.1, -0.05) is 15.9 Å². The summed E-state index contributed by atoms with van der Waals surface area (Å²) in [6, 6.07) is 11.8. The Morgan fingerprint density at radius 2 is 1.83 bits per heavy atom. The summed E-state index contributed by atoms with van der Waals surface area (Å²) in [4.78, 5) is 13.7. The average molecular weight is 483 g/mol. The largest absolute Gasteiger partial charge is 0.483 e. The van der Waals surface area contributed by atoms with E-state index in [1.165, 1.54) is 21.3 Å². The Kier molecular flexibility index (Phi) is 6.94. The molecule has 2 N–H and O–H groups in total. The van der Waals surface area contributed by atoms with E-state index < -0.39 is 10.0 Å². The van der Waals surface area contributed by atoms with Crippen molar-refractivity contribution in [3.05, 3.63) is 52.5 Å². The number of quaternary nitrogens is 1. The summed E-state index contributed by atoms with van der Waals surface area (Å²) < 4.78 is 33.5. The summed E-state index contributed by atoms with van der Waals surface area (Å²) in [5.41, 5.74) is 1.44. The lowest BCUT2D eigenvalue weighted by Crippen LogP contribution is -3.12. The Labute approximate surface area is 179 Å². The van der Waals surface area contributed by atoms with E-state index in [1.54, 1.807) is 18.2 Å². The lowest BCUT2D eigenvalue weighted by molar-refractivity contribution is -0.883. The highest BCUT2D eigenvalue weighted by Crippen LogP contribution is 2.22. The molecular formula is C20H25BrN3O4S+. The molecule has 1 fully saturated rings. The van der Waals surface area contributed by atoms with E-state index in [1.807, 2.05) is 19.1 Å². The monoisotopic (exact) mass is 482 g/mol. The second-order valence-corrected chi connectivity index (χ2v) is 9.99. The molecule has 0 atom stereocenters. The van der Waals surface area contributed by atoms with Crippen molar-refractivity contribution in [3.8, 4) is 5.75 Å². The zero-order valence-corrected chi connectivity index (χ0v) is 18.8. The number of piperazine rings is 1. The molecule has 1 aliphatic heterocycles. The van der Waals surface area contributed by atoms with Crippen molar-refractivity contribution in [2.75, 3.05) is 45.2 Å². The van der Waals surface area contributed by atoms with Gasteiger partial charge in [0.05, 0.1) is 38.1 Å². The van der Waals surface area contributed by atoms with Crippen LogP contribution in [0.2, 0.25) is 0 Å². The molecule has 9 heteroatoms. The Bertz CT molecular complexity index is 972. The van der Waals surface area contributed by atoms with Crippen LogP contribution in [0.5, 0.6) is 5.75 Å². The van der Waals surface area contributed by atoms with Crippen molar-refractivity contribution in [2.45, 2.75) is 11.8 Å². The standard InChI is InChI=1S/C20H24BrN3O4S/c1-15-13-16(21)3-8-19(15)28-14-20(25)22-17-4-6-18(7-5-17)29(26,27)24-11-9-23(2)10-12-24/h3-8,13H,9-12,14H2,1-2H3,(H,22,25)/p+1. The van der Waals surface area contributed by atoms with Crippen LogP contribution in [0.3, 0.4) is 0 Å². The predicted octanol–water partition coefficient (Wildman–Crippen LogP) is 1.29. The average Bonchev–Trinajstić information content (AvgIpc) is 2.68. The Morgan fingerprint density at radius 1 is 1.17 bits per heavy atom. The van der Waals surface area contributed by atoms with Gasteiger partial charge in [0.15, 0.2) is 6.61 Å². The van der Waals surface area contributed by atoms with Gasteiger partial charge in [0.25, 0.3) is 5.91 Å². The molecule has 1 aliphatic rings. The topological polar surface area (TPSA) is 80.1 Å². The first-order chi connectivity index (χ1) is 13.8. The van der Waals surface area contributed by atoms with Gasteiger partial charge in [-0.05, 0) is 55.0 Å². The third-order valence-corrected chi connectivity index (χ3v) is 7.25. The fourth-order valence-electron chi connectivity index (χ4n) is 3.08. The maximum Gasteiger partial charge on any atom is 0.262 e. The van der Waals surface area contributed by atoms with E-state index in [0.717, 1.165) is 23.1 Å². The Morgan fingerprint density at radius 3 is 2.45 bits per heavy atom. The van der Waals surface area contributed by atoms with Crippen LogP contribution in [0.25, 0.3) is 0 Å². The number of ether oxygens (including phenoxy) is 1. The summed E-state index contributed by atoms with van der Waals surface area (Å²) in [5.74, 6) is 0.323. The summed E-state index contributed by atoms with van der Waals surface area (Å²) >= 11 is 3.39. The number of nitrogens with one attached hydrogen (secondary N) is 2. The predicted molar refractivity (Wildman–Crippen MR) is 115 cm³/mol. The van der Waals surface area contributed by atoms with Crippen molar-refractivity contribution in [1.82, 2.24) is 4.31 Å². The molecule has 29 heavy (non-hydrogen) atoms. The summed E-state index contributed by atoms with van der Waals surface area (Å²) in [6.07, 6.45) is 0. The minimum absolute atomic E-state index is 0.133. The van der Waals surface area contributed by atoms with Gasteiger partial charge in [-0.2, -0.15) is 4.31 Å². The molecule has 2 aromatic carbocycles. The van der Waals surface area contributed by atoms with E-state index in [9.17, 15) is 13.2 Å². The maximum atomic E-state index is 12.7. The van der Waals surface area contributed by atoms with Gasteiger partial charge < -0.3 is 15.0 Å². The van der Waals surface area contributed by atoms with Crippen LogP contribution in [0, 0.1) is 6.92 Å². The molecule has 0 aliphatic carbocycles. The zero-order chi connectivity index (χ0) is 21.0. The first-order valence-electron chi connectivity index (χ1n) is 9.36. The minimum Gasteiger partial charge on any atom is -0.483 e. The van der Waals surface area contributed by atoms with E-state index in [4.69, 9.17) is 4.74 Å². The highest BCUT2D eigenvalue weighted by atomic mass is 79.9. The number of amides is 1. The van der Waals surface area contributed by atoms with Gasteiger partial charge in [0, 0.05) is 10.2 Å². The number of carbonyl (C=O) groups is 1. The number of anilines is 1. The van der Waals surface area contributed by atoms with Crippen molar-refractivity contribution in [3.63, 3.8) is 0 Å². The van der Waals surface area contributed by atoms with Crippen LogP contribution in [0.4, 0.5) is 5.69 Å². The molecule has 1 heterocycles. The van der Waals surface area contributed by atoms with Crippen LogP contribution in [-0.2, 0) is 14.8 Å². The second kappa shape index (κ2) is 9.25. The molecule has 0 bridgehead atoms. The van der Waals surface area contributed by atoms with Gasteiger partial charge >= 0.3 is 0 Å². The number of halogens is 1. The van der Waals surface area contributed by atoms with Gasteiger partial charge in [0.2, 0.25) is 10.0 Å². The van der Waals surface area contributed by atoms with Gasteiger partial charge in [-0.3, -0.25) is 4.79 Å². The second-order valence-electron chi connectivity index (χ2n) is 7.13. The number of benzene rings is 2. The molecule has 0 radical (unpaired) electrons. The smallest absolute Gasteiger partial charge is 0.262 e. The number of rotatable bonds is 6. The number of aryl methyl sites for hydroxylation is 1. The number of hydrogen-bond acceptors (Lipinski definition) is 4. The molecular weight excluding hydrogens is 458 g/mol. The number of sulfonamides is 1. The lowest BCUT2D eigenvalue weighted by Gasteiger charge is -2.29. The van der Waals surface area contributed by atoms with E-state index in [2.05, 4.69) is 28.3 Å². The number of likely N-dealkylation sites (N-methyl/N-ethyl adjacent to an activating group) is 1. The first-order valence-corrected chi connectivity index (χ1v) is 11.6. The summed E-state index contributed by atoms with van der Waals surface area (Å²) in [7, 11) is -1.45. The molecule has 2 aromatic rings. The highest BCUT2D eigenvalue weighted by Gasteiger charge is 2.29. The lowest BCUT2D eigenvalue weighted by atomic mass is 10.2. The molecule has 0 saturated carbocycles. The van der Waals surface area contributed by atoms with Crippen LogP contribution >= 0.6 is 15.9 Å². The number of carbonyl (C=O) groups excluding carboxylic acids is 1. The molecule has 0 unspecified atom stereocenters. The van der Waals surface area contributed by atoms with Crippen LogP contribution in [0.15, 0.2) is 51.8 Å². The van der Waals surface area contributed by atoms with E-state index in [0.29, 0.717) is 24.5 Å². The first kappa shape index (κ1) is 21.8. The fraction of sp³-hybridized carbons (Fsp3) is 0.350. The maximum absolute atomic E-state index is 12.7. The van der Waals surface area contributed by atoms with E-state index in [-0.39, 0.29) is 17.4 Å². The van der Waals surface area contributed by atoms with Gasteiger partial charge in [-0.15, -0.1) is 0 Å². The zero-order valence-electron chi connectivity index (χ0n) is 16.4. The third kappa shape index (κ3) is 5.57. The molecule has 1 saturated heterocycles. The van der Waals surface area contributed by atoms with Gasteiger partial charge in [-0.25, -0.2) is 8.42 Å². The van der Waals surface area contributed by atoms with Crippen molar-refractivity contribution in [1.29, 1.82) is 0 Å². The molecule has 7 nitrogen and oxygen atoms in total. The van der Waals surface area contributed by atoms with Crippen LogP contribution in [0.1, 0.15) is 5.56 Å². The molecule has 0 aromatic heterocycles. The van der Waals surface area contributed by atoms with E-state index >= 15 is 0 Å². The normalized spacial score (nSPS) is 15.8. The van der Waals surface area contributed by atoms with Crippen molar-refractivity contribution in [2.24, 2.45) is 0 Å². The molecule has 156 valence electrons. The highest BCUT2D eigenvalue weighted by molar-refractivity contribution is 9.10. The fourth-order valence-corrected chi connectivity index (χ4v) is 5.00. The minimum atomic E-state index is -3.51. The number of nitrogens with zero attached hydrogens (tertiary/aromatic N) is 1. The molecule has 1 amide bonds. The Balaban J connectivity index is 1.57. The summed E-state index contributed by atoms with van der Waals surface area (Å²) in [5, 5.41) is 2.72. The Hall–Kier alpha value is -1.94. The van der Waals surface area contributed by atoms with Crippen molar-refractivity contribution < 1.29 is 22.8 Å². The number of hydrogen-bond donors (Lipinski definition) is 2. The molecule has 3 rings (SSSR count). The SMILES string of the molecule is Cc1cc(Br)ccc1OCC(=O)Nc1ccc(S(=O)(=O)N2CC[NH+](C)CC2)cc1. The van der Waals surface area contributed by atoms with Crippen LogP contribution in [-0.4, -0.2) is 58.5 Å². The van der Waals surface area contributed by atoms with Crippen LogP contribution < -0.4 is 15.0 Å². The van der Waals surface area contributed by atoms with Crippen molar-refractivity contribution >= 4 is 37.5 Å². The quantitative estimate of drug-likeness (QED) is 0.649. The van der Waals surface area contributed by atoms with Gasteiger partial charge in [0.1, 0.15) is 5.75 Å². The summed E-state index contributed by atoms with van der Waals surface area (Å²) in [6.45, 7) is 4.39.